The molecule has 0 atom stereocenters. The number of nitrogens with zero attached hydrogens (tertiary/aromatic N) is 2. The number of carbonyl (C=O) groups is 1. The van der Waals surface area contributed by atoms with Crippen LogP contribution in [-0.2, 0) is 6.54 Å². The van der Waals surface area contributed by atoms with Crippen molar-refractivity contribution in [3.05, 3.63) is 29.8 Å². The average molecular weight is 358 g/mol. The summed E-state index contributed by atoms with van der Waals surface area (Å²) >= 11 is 0. The molecule has 0 saturated carbocycles. The Morgan fingerprint density at radius 3 is 2.31 bits per heavy atom. The molecule has 0 fully saturated rings. The fourth-order valence-corrected chi connectivity index (χ4v) is 3.23. The Balaban J connectivity index is 2.06. The number of benzene rings is 1. The largest absolute Gasteiger partial charge is 0.507 e. The zero-order chi connectivity index (χ0) is 18.9. The molecule has 0 aliphatic carbocycles. The van der Waals surface area contributed by atoms with E-state index in [2.05, 4.69) is 12.0 Å². The molecule has 2 aromatic rings. The van der Waals surface area contributed by atoms with E-state index in [-0.39, 0.29) is 17.1 Å². The number of carbonyl (C=O) groups excluding carboxylic acids is 1. The number of amides is 1. The predicted octanol–water partition coefficient (Wildman–Crippen LogP) is 4.08. The normalized spacial score (nSPS) is 11.0. The van der Waals surface area contributed by atoms with Crippen molar-refractivity contribution in [2.24, 2.45) is 5.73 Å². The van der Waals surface area contributed by atoms with Crippen LogP contribution in [0.25, 0.3) is 11.3 Å². The fourth-order valence-electron chi connectivity index (χ4n) is 3.23. The summed E-state index contributed by atoms with van der Waals surface area (Å²) in [6, 6.07) is 6.83. The summed E-state index contributed by atoms with van der Waals surface area (Å²) in [5.41, 5.74) is 12.6. The molecule has 0 aliphatic rings. The molecule has 0 aliphatic heterocycles. The molecule has 0 spiro atoms. The minimum absolute atomic E-state index is 0.0760. The van der Waals surface area contributed by atoms with Crippen LogP contribution in [-0.4, -0.2) is 20.8 Å². The Morgan fingerprint density at radius 2 is 1.69 bits per heavy atom. The van der Waals surface area contributed by atoms with Gasteiger partial charge in [0.25, 0.3) is 5.91 Å². The fraction of sp³-hybridized carbons (Fsp3) is 0.500. The molecule has 1 amide bonds. The maximum atomic E-state index is 11.8. The monoisotopic (exact) mass is 358 g/mol. The van der Waals surface area contributed by atoms with E-state index in [1.165, 1.54) is 38.5 Å². The van der Waals surface area contributed by atoms with Crippen LogP contribution in [0.3, 0.4) is 0 Å². The average Bonchev–Trinajstić information content (AvgIpc) is 2.94. The molecule has 0 saturated heterocycles. The lowest BCUT2D eigenvalue weighted by molar-refractivity contribution is 0.100. The number of phenols is 1. The van der Waals surface area contributed by atoms with E-state index in [9.17, 15) is 9.90 Å². The standard InChI is InChI=1S/C20H30N4O2/c1-2-3-4-5-6-7-8-11-14-24-18(15-12-9-10-13-16(15)25)17(20(22)26)19(21)23-24/h9-10,12-13,25H,2-8,11,14H2,1H3,(H2,21,23)(H2,22,26). The van der Waals surface area contributed by atoms with Crippen molar-refractivity contribution in [3.8, 4) is 17.0 Å². The zero-order valence-corrected chi connectivity index (χ0v) is 15.6. The Bertz CT molecular complexity index is 725. The Kier molecular flexibility index (Phi) is 7.51. The minimum Gasteiger partial charge on any atom is -0.507 e. The molecule has 26 heavy (non-hydrogen) atoms. The summed E-state index contributed by atoms with van der Waals surface area (Å²) in [6.07, 6.45) is 9.65. The van der Waals surface area contributed by atoms with Gasteiger partial charge in [-0.1, -0.05) is 64.0 Å². The summed E-state index contributed by atoms with van der Waals surface area (Å²) < 4.78 is 1.70. The van der Waals surface area contributed by atoms with Crippen molar-refractivity contribution in [2.75, 3.05) is 5.73 Å². The molecule has 142 valence electrons. The summed E-state index contributed by atoms with van der Waals surface area (Å²) in [5.74, 6) is -0.453. The number of aromatic hydroxyl groups is 1. The highest BCUT2D eigenvalue weighted by atomic mass is 16.3. The maximum absolute atomic E-state index is 11.8. The van der Waals surface area contributed by atoms with E-state index in [1.807, 2.05) is 0 Å². The number of phenolic OH excluding ortho intramolecular Hbond substituents is 1. The van der Waals surface area contributed by atoms with Crippen molar-refractivity contribution >= 4 is 11.7 Å². The summed E-state index contributed by atoms with van der Waals surface area (Å²) in [7, 11) is 0. The number of primary amides is 1. The third kappa shape index (κ3) is 5.00. The molecular formula is C20H30N4O2. The van der Waals surface area contributed by atoms with Crippen LogP contribution in [0, 0.1) is 0 Å². The Labute approximate surface area is 155 Å². The number of hydrogen-bond acceptors (Lipinski definition) is 4. The van der Waals surface area contributed by atoms with Gasteiger partial charge >= 0.3 is 0 Å². The van der Waals surface area contributed by atoms with Gasteiger partial charge in [-0.3, -0.25) is 9.48 Å². The van der Waals surface area contributed by atoms with Crippen molar-refractivity contribution in [1.29, 1.82) is 0 Å². The van der Waals surface area contributed by atoms with Crippen molar-refractivity contribution in [2.45, 2.75) is 64.8 Å². The topological polar surface area (TPSA) is 107 Å². The predicted molar refractivity (Wildman–Crippen MR) is 105 cm³/mol. The number of nitrogens with two attached hydrogens (primary N) is 2. The van der Waals surface area contributed by atoms with Gasteiger partial charge in [0.05, 0.1) is 5.69 Å². The first-order valence-electron chi connectivity index (χ1n) is 9.50. The molecule has 2 rings (SSSR count). The number of anilines is 1. The van der Waals surface area contributed by atoms with Crippen LogP contribution in [0.4, 0.5) is 5.82 Å². The van der Waals surface area contributed by atoms with Gasteiger partial charge < -0.3 is 16.6 Å². The van der Waals surface area contributed by atoms with Gasteiger partial charge in [-0.25, -0.2) is 0 Å². The molecule has 1 heterocycles. The SMILES string of the molecule is CCCCCCCCCCn1nc(N)c(C(N)=O)c1-c1ccccc1O. The van der Waals surface area contributed by atoms with Gasteiger partial charge in [0, 0.05) is 12.1 Å². The molecule has 1 aromatic carbocycles. The number of nitrogen functional groups attached to an aromatic ring is 1. The van der Waals surface area contributed by atoms with Gasteiger partial charge in [-0.15, -0.1) is 0 Å². The molecule has 0 bridgehead atoms. The van der Waals surface area contributed by atoms with Crippen LogP contribution < -0.4 is 11.5 Å². The lowest BCUT2D eigenvalue weighted by atomic mass is 10.1. The highest BCUT2D eigenvalue weighted by Crippen LogP contribution is 2.34. The summed E-state index contributed by atoms with van der Waals surface area (Å²) in [6.45, 7) is 2.86. The lowest BCUT2D eigenvalue weighted by Crippen LogP contribution is -2.14. The van der Waals surface area contributed by atoms with Crippen LogP contribution >= 0.6 is 0 Å². The van der Waals surface area contributed by atoms with Crippen LogP contribution in [0.2, 0.25) is 0 Å². The molecule has 0 radical (unpaired) electrons. The molecule has 0 unspecified atom stereocenters. The molecular weight excluding hydrogens is 328 g/mol. The second kappa shape index (κ2) is 9.85. The molecule has 1 aromatic heterocycles. The summed E-state index contributed by atoms with van der Waals surface area (Å²) in [4.78, 5) is 11.8. The van der Waals surface area contributed by atoms with E-state index in [0.717, 1.165) is 12.8 Å². The first-order chi connectivity index (χ1) is 12.6. The second-order valence-corrected chi connectivity index (χ2v) is 6.69. The number of para-hydroxylation sites is 1. The Hall–Kier alpha value is -2.50. The van der Waals surface area contributed by atoms with E-state index >= 15 is 0 Å². The highest BCUT2D eigenvalue weighted by Gasteiger charge is 2.23. The number of aryl methyl sites for hydroxylation is 1. The highest BCUT2D eigenvalue weighted by molar-refractivity contribution is 6.03. The van der Waals surface area contributed by atoms with Crippen molar-refractivity contribution in [1.82, 2.24) is 9.78 Å². The number of aromatic nitrogens is 2. The van der Waals surface area contributed by atoms with Crippen LogP contribution in [0.1, 0.15) is 68.6 Å². The third-order valence-corrected chi connectivity index (χ3v) is 4.61. The smallest absolute Gasteiger partial charge is 0.254 e. The van der Waals surface area contributed by atoms with Crippen molar-refractivity contribution in [3.63, 3.8) is 0 Å². The quantitative estimate of drug-likeness (QED) is 0.526. The van der Waals surface area contributed by atoms with E-state index in [0.29, 0.717) is 17.8 Å². The van der Waals surface area contributed by atoms with E-state index < -0.39 is 5.91 Å². The molecule has 6 nitrogen and oxygen atoms in total. The molecule has 5 N–H and O–H groups in total. The first-order valence-corrected chi connectivity index (χ1v) is 9.50. The van der Waals surface area contributed by atoms with E-state index in [1.54, 1.807) is 28.9 Å². The van der Waals surface area contributed by atoms with Gasteiger partial charge in [-0.05, 0) is 18.6 Å². The number of hydrogen-bond donors (Lipinski definition) is 3. The van der Waals surface area contributed by atoms with Gasteiger partial charge in [0.1, 0.15) is 11.3 Å². The summed E-state index contributed by atoms with van der Waals surface area (Å²) in [5, 5.41) is 14.5. The Morgan fingerprint density at radius 1 is 1.08 bits per heavy atom. The maximum Gasteiger partial charge on any atom is 0.254 e. The minimum atomic E-state index is -0.636. The zero-order valence-electron chi connectivity index (χ0n) is 15.6. The van der Waals surface area contributed by atoms with Crippen molar-refractivity contribution < 1.29 is 9.90 Å². The van der Waals surface area contributed by atoms with E-state index in [4.69, 9.17) is 11.5 Å². The third-order valence-electron chi connectivity index (χ3n) is 4.61. The van der Waals surface area contributed by atoms with Gasteiger partial charge in [-0.2, -0.15) is 5.10 Å². The number of unbranched alkanes of at least 4 members (excludes halogenated alkanes) is 7. The second-order valence-electron chi connectivity index (χ2n) is 6.69. The van der Waals surface area contributed by atoms with Gasteiger partial charge in [0.2, 0.25) is 0 Å². The first kappa shape index (κ1) is 19.8. The van der Waals surface area contributed by atoms with Crippen LogP contribution in [0.15, 0.2) is 24.3 Å². The molecule has 6 heteroatoms. The van der Waals surface area contributed by atoms with Gasteiger partial charge in [0.15, 0.2) is 5.82 Å². The van der Waals surface area contributed by atoms with Crippen LogP contribution in [0.5, 0.6) is 5.75 Å². The number of rotatable bonds is 11. The lowest BCUT2D eigenvalue weighted by Gasteiger charge is -2.10.